The highest BCUT2D eigenvalue weighted by Gasteiger charge is 2.53. The lowest BCUT2D eigenvalue weighted by Crippen LogP contribution is -2.48. The Balaban J connectivity index is 1.80. The Labute approximate surface area is 175 Å². The first-order chi connectivity index (χ1) is 14.7. The maximum absolute atomic E-state index is 15.9. The maximum atomic E-state index is 15.9. The summed E-state index contributed by atoms with van der Waals surface area (Å²) in [5, 5.41) is 12.1. The van der Waals surface area contributed by atoms with E-state index in [1.54, 1.807) is 4.90 Å². The van der Waals surface area contributed by atoms with Gasteiger partial charge in [0.25, 0.3) is 0 Å². The monoisotopic (exact) mass is 436 g/mol. The van der Waals surface area contributed by atoms with Crippen molar-refractivity contribution >= 4 is 28.2 Å². The molecule has 0 amide bonds. The van der Waals surface area contributed by atoms with Crippen LogP contribution in [0.2, 0.25) is 0 Å². The zero-order valence-corrected chi connectivity index (χ0v) is 16.9. The molecule has 0 spiro atoms. The number of benzene rings is 1. The molecule has 1 aromatic heterocycles. The van der Waals surface area contributed by atoms with E-state index in [1.165, 1.54) is 0 Å². The van der Waals surface area contributed by atoms with E-state index in [-0.39, 0.29) is 29.2 Å². The Kier molecular flexibility index (Phi) is 4.31. The molecule has 0 bridgehead atoms. The first-order valence-corrected chi connectivity index (χ1v) is 10.4. The van der Waals surface area contributed by atoms with Crippen LogP contribution >= 0.6 is 0 Å². The molecule has 10 heteroatoms. The van der Waals surface area contributed by atoms with Crippen molar-refractivity contribution in [3.63, 3.8) is 0 Å². The predicted molar refractivity (Wildman–Crippen MR) is 109 cm³/mol. The van der Waals surface area contributed by atoms with Crippen molar-refractivity contribution in [1.82, 2.24) is 9.88 Å². The summed E-state index contributed by atoms with van der Waals surface area (Å²) in [4.78, 5) is 26.0. The summed E-state index contributed by atoms with van der Waals surface area (Å²) in [6.45, 7) is 0.416. The summed E-state index contributed by atoms with van der Waals surface area (Å²) in [6.07, 6.45) is 2.95. The van der Waals surface area contributed by atoms with Crippen LogP contribution in [-0.2, 0) is 0 Å². The van der Waals surface area contributed by atoms with E-state index < -0.39 is 51.9 Å². The Hall–Kier alpha value is -2.75. The van der Waals surface area contributed by atoms with Crippen molar-refractivity contribution in [3.05, 3.63) is 33.6 Å². The molecule has 4 N–H and O–H groups in total. The van der Waals surface area contributed by atoms with E-state index in [4.69, 9.17) is 5.73 Å². The molecule has 2 saturated carbocycles. The van der Waals surface area contributed by atoms with Crippen molar-refractivity contribution in [2.45, 2.75) is 55.9 Å². The molecule has 1 aliphatic heterocycles. The number of anilines is 2. The molecule has 1 aromatic carbocycles. The molecule has 2 aliphatic carbocycles. The molecule has 3 aliphatic rings. The van der Waals surface area contributed by atoms with Gasteiger partial charge in [0.15, 0.2) is 11.6 Å². The summed E-state index contributed by atoms with van der Waals surface area (Å²) in [7, 11) is 1.82. The van der Waals surface area contributed by atoms with Crippen LogP contribution in [0.15, 0.2) is 11.0 Å². The van der Waals surface area contributed by atoms with Crippen molar-refractivity contribution in [2.75, 3.05) is 24.2 Å². The van der Waals surface area contributed by atoms with E-state index in [0.717, 1.165) is 36.4 Å². The van der Waals surface area contributed by atoms with Gasteiger partial charge in [-0.25, -0.2) is 18.0 Å². The lowest BCUT2D eigenvalue weighted by atomic mass is 10.0. The number of aromatic carboxylic acids is 1. The van der Waals surface area contributed by atoms with Gasteiger partial charge >= 0.3 is 5.97 Å². The Morgan fingerprint density at radius 1 is 1.32 bits per heavy atom. The van der Waals surface area contributed by atoms with Gasteiger partial charge in [-0.05, 0) is 32.7 Å². The number of carboxylic acid groups (broad SMARTS) is 1. The number of carbonyl (C=O) groups is 1. The molecule has 1 saturated heterocycles. The molecule has 3 fully saturated rings. The van der Waals surface area contributed by atoms with Gasteiger partial charge < -0.3 is 25.6 Å². The first-order valence-electron chi connectivity index (χ1n) is 10.4. The maximum Gasteiger partial charge on any atom is 0.341 e. The normalized spacial score (nSPS) is 26.5. The topological polar surface area (TPSA) is 101 Å². The summed E-state index contributed by atoms with van der Waals surface area (Å²) in [5.41, 5.74) is 2.68. The molecule has 2 heterocycles. The number of pyridine rings is 1. The predicted octanol–water partition coefficient (Wildman–Crippen LogP) is 2.56. The van der Waals surface area contributed by atoms with Crippen molar-refractivity contribution in [3.8, 4) is 0 Å². The largest absolute Gasteiger partial charge is 0.477 e. The molecular weight excluding hydrogens is 413 g/mol. The Morgan fingerprint density at radius 2 is 2.00 bits per heavy atom. The molecule has 31 heavy (non-hydrogen) atoms. The molecule has 7 nitrogen and oxygen atoms in total. The van der Waals surface area contributed by atoms with E-state index in [1.807, 2.05) is 7.05 Å². The van der Waals surface area contributed by atoms with E-state index in [2.05, 4.69) is 5.32 Å². The second-order valence-corrected chi connectivity index (χ2v) is 8.77. The second kappa shape index (κ2) is 6.62. The van der Waals surface area contributed by atoms with Crippen LogP contribution < -0.4 is 21.4 Å². The molecule has 166 valence electrons. The number of hydrogen-bond donors (Lipinski definition) is 3. The second-order valence-electron chi connectivity index (χ2n) is 8.77. The highest BCUT2D eigenvalue weighted by molar-refractivity contribution is 6.00. The van der Waals surface area contributed by atoms with Crippen LogP contribution in [0.4, 0.5) is 24.5 Å². The molecule has 2 unspecified atom stereocenters. The SMILES string of the molecule is CNC1([C@@H]2CCCN2c2c(F)c(N)c3c(=O)c(C(=O)O)cn(C4CC4F)c3c2F)CC1. The molecule has 3 atom stereocenters. The minimum absolute atomic E-state index is 0.0539. The number of nitrogens with one attached hydrogen (secondary N) is 1. The number of likely N-dealkylation sites (N-methyl/N-ethyl adjacent to an activating group) is 1. The lowest BCUT2D eigenvalue weighted by molar-refractivity contribution is 0.0694. The van der Waals surface area contributed by atoms with Crippen LogP contribution in [0.25, 0.3) is 10.9 Å². The minimum Gasteiger partial charge on any atom is -0.477 e. The van der Waals surface area contributed by atoms with Gasteiger partial charge in [-0.2, -0.15) is 0 Å². The molecule has 2 aromatic rings. The van der Waals surface area contributed by atoms with Gasteiger partial charge in [-0.3, -0.25) is 4.79 Å². The fraction of sp³-hybridized carbons (Fsp3) is 0.524. The van der Waals surface area contributed by atoms with Crippen molar-refractivity contribution in [1.29, 1.82) is 0 Å². The van der Waals surface area contributed by atoms with Crippen molar-refractivity contribution in [2.24, 2.45) is 0 Å². The van der Waals surface area contributed by atoms with E-state index in [9.17, 15) is 19.1 Å². The van der Waals surface area contributed by atoms with Crippen LogP contribution in [0.3, 0.4) is 0 Å². The zero-order chi connectivity index (χ0) is 22.2. The highest BCUT2D eigenvalue weighted by Crippen LogP contribution is 2.49. The van der Waals surface area contributed by atoms with Gasteiger partial charge in [0.2, 0.25) is 5.43 Å². The number of carboxylic acids is 1. The van der Waals surface area contributed by atoms with Gasteiger partial charge in [-0.15, -0.1) is 0 Å². The average Bonchev–Trinajstić information content (AvgIpc) is 3.63. The molecule has 5 rings (SSSR count). The summed E-state index contributed by atoms with van der Waals surface area (Å²) < 4.78 is 46.4. The first kappa shape index (κ1) is 20.2. The van der Waals surface area contributed by atoms with Crippen LogP contribution in [0, 0.1) is 11.6 Å². The third kappa shape index (κ3) is 2.77. The van der Waals surface area contributed by atoms with Crippen LogP contribution in [-0.4, -0.2) is 47.0 Å². The number of aromatic nitrogens is 1. The fourth-order valence-electron chi connectivity index (χ4n) is 5.15. The summed E-state index contributed by atoms with van der Waals surface area (Å²) in [5.74, 6) is -3.65. The number of halogens is 3. The summed E-state index contributed by atoms with van der Waals surface area (Å²) in [6, 6.07) is -0.971. The average molecular weight is 436 g/mol. The highest BCUT2D eigenvalue weighted by atomic mass is 19.1. The van der Waals surface area contributed by atoms with Crippen molar-refractivity contribution < 1.29 is 23.1 Å². The summed E-state index contributed by atoms with van der Waals surface area (Å²) >= 11 is 0. The number of nitrogens with zero attached hydrogens (tertiary/aromatic N) is 2. The van der Waals surface area contributed by atoms with Crippen LogP contribution in [0.1, 0.15) is 48.5 Å². The smallest absolute Gasteiger partial charge is 0.341 e. The lowest BCUT2D eigenvalue weighted by Gasteiger charge is -2.34. The third-order valence-corrected chi connectivity index (χ3v) is 7.10. The van der Waals surface area contributed by atoms with E-state index >= 15 is 8.78 Å². The zero-order valence-electron chi connectivity index (χ0n) is 16.9. The third-order valence-electron chi connectivity index (χ3n) is 7.10. The molecule has 0 radical (unpaired) electrons. The van der Waals surface area contributed by atoms with Crippen LogP contribution in [0.5, 0.6) is 0 Å². The number of nitrogen functional groups attached to an aromatic ring is 1. The number of rotatable bonds is 5. The fourth-order valence-corrected chi connectivity index (χ4v) is 5.15. The quantitative estimate of drug-likeness (QED) is 0.623. The standard InChI is InChI=1S/C21H23F3N4O3/c1-26-21(4-5-21)12-3-2-6-27(12)18-14(23)16(25)13-17(15(18)24)28(11-7-10(11)22)8-9(19(13)29)20(30)31/h8,10-12,26H,2-7,25H2,1H3,(H,30,31)/t10?,11?,12-/m0/s1. The van der Waals surface area contributed by atoms with Gasteiger partial charge in [0, 0.05) is 30.7 Å². The molecular formula is C21H23F3N4O3. The Bertz CT molecular complexity index is 1180. The number of nitrogens with two attached hydrogens (primary N) is 1. The van der Waals surface area contributed by atoms with Gasteiger partial charge in [-0.1, -0.05) is 0 Å². The van der Waals surface area contributed by atoms with Gasteiger partial charge in [0.1, 0.15) is 17.4 Å². The number of fused-ring (bicyclic) bond motifs is 1. The van der Waals surface area contributed by atoms with Gasteiger partial charge in [0.05, 0.1) is 22.6 Å². The van der Waals surface area contributed by atoms with E-state index in [0.29, 0.717) is 6.54 Å². The Morgan fingerprint density at radius 3 is 2.55 bits per heavy atom. The number of alkyl halides is 1. The number of hydrogen-bond acceptors (Lipinski definition) is 5. The minimum atomic E-state index is -1.56.